The van der Waals surface area contributed by atoms with Gasteiger partial charge in [-0.15, -0.1) is 0 Å². The van der Waals surface area contributed by atoms with Gasteiger partial charge in [-0.05, 0) is 31.2 Å². The van der Waals surface area contributed by atoms with Gasteiger partial charge in [0.2, 0.25) is 0 Å². The van der Waals surface area contributed by atoms with Crippen molar-refractivity contribution in [2.75, 3.05) is 7.11 Å². The van der Waals surface area contributed by atoms with E-state index in [1.165, 1.54) is 95.5 Å². The van der Waals surface area contributed by atoms with Crippen molar-refractivity contribution in [1.82, 2.24) is 0 Å². The highest BCUT2D eigenvalue weighted by Crippen LogP contribution is 2.15. The fourth-order valence-corrected chi connectivity index (χ4v) is 3.41. The van der Waals surface area contributed by atoms with Crippen LogP contribution in [0.4, 0.5) is 0 Å². The maximum absolute atomic E-state index is 5.61. The number of aryl methyl sites for hydroxylation is 1. The van der Waals surface area contributed by atoms with Gasteiger partial charge in [-0.1, -0.05) is 101 Å². The lowest BCUT2D eigenvalue weighted by Gasteiger charge is -2.14. The van der Waals surface area contributed by atoms with Gasteiger partial charge < -0.3 is 4.74 Å². The molecular weight excluding hydrogens is 292 g/mol. The highest BCUT2D eigenvalue weighted by Gasteiger charge is 2.06. The molecule has 0 N–H and O–H groups in total. The SMILES string of the molecule is CCCCCC(CCCCCCCCCCc1ccccc1)OC. The van der Waals surface area contributed by atoms with Crippen molar-refractivity contribution < 1.29 is 4.74 Å². The van der Waals surface area contributed by atoms with Gasteiger partial charge in [0, 0.05) is 7.11 Å². The van der Waals surface area contributed by atoms with Crippen molar-refractivity contribution in [3.8, 4) is 0 Å². The van der Waals surface area contributed by atoms with Crippen molar-refractivity contribution in [3.05, 3.63) is 35.9 Å². The molecule has 0 fully saturated rings. The summed E-state index contributed by atoms with van der Waals surface area (Å²) in [5.41, 5.74) is 1.49. The molecule has 0 radical (unpaired) electrons. The van der Waals surface area contributed by atoms with Gasteiger partial charge in [-0.2, -0.15) is 0 Å². The van der Waals surface area contributed by atoms with E-state index < -0.39 is 0 Å². The number of unbranched alkanes of at least 4 members (excludes halogenated alkanes) is 9. The molecule has 0 aliphatic rings. The summed E-state index contributed by atoms with van der Waals surface area (Å²) in [5.74, 6) is 0. The number of rotatable bonds is 16. The first kappa shape index (κ1) is 21.2. The van der Waals surface area contributed by atoms with Crippen molar-refractivity contribution in [1.29, 1.82) is 0 Å². The van der Waals surface area contributed by atoms with Crippen molar-refractivity contribution in [3.63, 3.8) is 0 Å². The topological polar surface area (TPSA) is 9.23 Å². The van der Waals surface area contributed by atoms with E-state index in [2.05, 4.69) is 37.3 Å². The van der Waals surface area contributed by atoms with Gasteiger partial charge in [0.15, 0.2) is 0 Å². The maximum Gasteiger partial charge on any atom is 0.0571 e. The maximum atomic E-state index is 5.61. The van der Waals surface area contributed by atoms with Crippen LogP contribution < -0.4 is 0 Å². The highest BCUT2D eigenvalue weighted by atomic mass is 16.5. The second-order valence-corrected chi connectivity index (χ2v) is 7.21. The first-order valence-electron chi connectivity index (χ1n) is 10.4. The van der Waals surface area contributed by atoms with Crippen LogP contribution in [0.2, 0.25) is 0 Å². The lowest BCUT2D eigenvalue weighted by atomic mass is 10.0. The van der Waals surface area contributed by atoms with Crippen LogP contribution in [0, 0.1) is 0 Å². The third-order valence-corrected chi connectivity index (χ3v) is 5.05. The van der Waals surface area contributed by atoms with E-state index in [4.69, 9.17) is 4.74 Å². The van der Waals surface area contributed by atoms with E-state index in [0.717, 1.165) is 0 Å². The molecule has 1 aromatic carbocycles. The molecule has 0 aliphatic heterocycles. The van der Waals surface area contributed by atoms with Crippen LogP contribution in [0.15, 0.2) is 30.3 Å². The molecule has 1 unspecified atom stereocenters. The zero-order valence-electron chi connectivity index (χ0n) is 16.3. The van der Waals surface area contributed by atoms with Gasteiger partial charge >= 0.3 is 0 Å². The predicted octanol–water partition coefficient (Wildman–Crippen LogP) is 7.34. The standard InChI is InChI=1S/C23H40O/c1-3-4-12-20-23(24-2)21-16-10-8-6-5-7-9-13-17-22-18-14-11-15-19-22/h11,14-15,18-19,23H,3-10,12-13,16-17,20-21H2,1-2H3. The molecule has 0 aromatic heterocycles. The summed E-state index contributed by atoms with van der Waals surface area (Å²) in [7, 11) is 1.88. The van der Waals surface area contributed by atoms with Crippen LogP contribution in [0.5, 0.6) is 0 Å². The molecule has 0 bridgehead atoms. The summed E-state index contributed by atoms with van der Waals surface area (Å²) in [6.07, 6.45) is 19.4. The average molecular weight is 333 g/mol. The molecular formula is C23H40O. The Kier molecular flexibility index (Phi) is 13.9. The molecule has 0 saturated heterocycles. The lowest BCUT2D eigenvalue weighted by Crippen LogP contribution is -2.10. The summed E-state index contributed by atoms with van der Waals surface area (Å²) in [4.78, 5) is 0. The molecule has 1 atom stereocenters. The minimum absolute atomic E-state index is 0.509. The molecule has 24 heavy (non-hydrogen) atoms. The van der Waals surface area contributed by atoms with Gasteiger partial charge in [0.25, 0.3) is 0 Å². The number of hydrogen-bond donors (Lipinski definition) is 0. The molecule has 0 saturated carbocycles. The van der Waals surface area contributed by atoms with E-state index in [1.807, 2.05) is 7.11 Å². The van der Waals surface area contributed by atoms with E-state index in [-0.39, 0.29) is 0 Å². The molecule has 1 rings (SSSR count). The summed E-state index contributed by atoms with van der Waals surface area (Å²) in [6, 6.07) is 10.9. The fourth-order valence-electron chi connectivity index (χ4n) is 3.41. The van der Waals surface area contributed by atoms with E-state index in [9.17, 15) is 0 Å². The van der Waals surface area contributed by atoms with Gasteiger partial charge in [-0.3, -0.25) is 0 Å². The minimum Gasteiger partial charge on any atom is -0.381 e. The summed E-state index contributed by atoms with van der Waals surface area (Å²) in [5, 5.41) is 0. The molecule has 0 heterocycles. The van der Waals surface area contributed by atoms with E-state index in [0.29, 0.717) is 6.10 Å². The Morgan fingerprint density at radius 2 is 1.25 bits per heavy atom. The number of ether oxygens (including phenoxy) is 1. The molecule has 138 valence electrons. The van der Waals surface area contributed by atoms with Crippen molar-refractivity contribution >= 4 is 0 Å². The smallest absolute Gasteiger partial charge is 0.0571 e. The average Bonchev–Trinajstić information content (AvgIpc) is 2.62. The molecule has 1 heteroatoms. The van der Waals surface area contributed by atoms with Crippen LogP contribution in [0.1, 0.15) is 96.0 Å². The first-order chi connectivity index (χ1) is 11.9. The largest absolute Gasteiger partial charge is 0.381 e. The Morgan fingerprint density at radius 1 is 0.708 bits per heavy atom. The van der Waals surface area contributed by atoms with Crippen LogP contribution in [-0.4, -0.2) is 13.2 Å². The Morgan fingerprint density at radius 3 is 1.83 bits per heavy atom. The van der Waals surface area contributed by atoms with Crippen LogP contribution >= 0.6 is 0 Å². The zero-order valence-corrected chi connectivity index (χ0v) is 16.3. The molecule has 1 aromatic rings. The second-order valence-electron chi connectivity index (χ2n) is 7.21. The Bertz CT molecular complexity index is 360. The summed E-state index contributed by atoms with van der Waals surface area (Å²) < 4.78 is 5.61. The van der Waals surface area contributed by atoms with Gasteiger partial charge in [0.1, 0.15) is 0 Å². The first-order valence-corrected chi connectivity index (χ1v) is 10.4. The van der Waals surface area contributed by atoms with Gasteiger partial charge in [0.05, 0.1) is 6.10 Å². The Labute approximate surface area is 151 Å². The molecule has 0 spiro atoms. The Balaban J connectivity index is 1.84. The third kappa shape index (κ3) is 11.7. The fraction of sp³-hybridized carbons (Fsp3) is 0.739. The minimum atomic E-state index is 0.509. The third-order valence-electron chi connectivity index (χ3n) is 5.05. The lowest BCUT2D eigenvalue weighted by molar-refractivity contribution is 0.0833. The van der Waals surface area contributed by atoms with E-state index in [1.54, 1.807) is 0 Å². The van der Waals surface area contributed by atoms with Crippen LogP contribution in [-0.2, 0) is 11.2 Å². The monoisotopic (exact) mass is 332 g/mol. The summed E-state index contributed by atoms with van der Waals surface area (Å²) >= 11 is 0. The van der Waals surface area contributed by atoms with Crippen molar-refractivity contribution in [2.24, 2.45) is 0 Å². The van der Waals surface area contributed by atoms with Crippen LogP contribution in [0.25, 0.3) is 0 Å². The van der Waals surface area contributed by atoms with Gasteiger partial charge in [-0.25, -0.2) is 0 Å². The second kappa shape index (κ2) is 15.7. The normalized spacial score (nSPS) is 12.4. The molecule has 0 aliphatic carbocycles. The summed E-state index contributed by atoms with van der Waals surface area (Å²) in [6.45, 7) is 2.27. The number of benzene rings is 1. The number of hydrogen-bond acceptors (Lipinski definition) is 1. The zero-order chi connectivity index (χ0) is 17.3. The van der Waals surface area contributed by atoms with Crippen molar-refractivity contribution in [2.45, 2.75) is 103 Å². The quantitative estimate of drug-likeness (QED) is 0.288. The Hall–Kier alpha value is -0.820. The molecule has 0 amide bonds. The molecule has 1 nitrogen and oxygen atoms in total. The van der Waals surface area contributed by atoms with Crippen LogP contribution in [0.3, 0.4) is 0 Å². The highest BCUT2D eigenvalue weighted by molar-refractivity contribution is 5.14. The van der Waals surface area contributed by atoms with E-state index >= 15 is 0 Å². The number of methoxy groups -OCH3 is 1. The predicted molar refractivity (Wildman–Crippen MR) is 107 cm³/mol.